The molecule has 29 heavy (non-hydrogen) atoms. The minimum atomic E-state index is -3.77. The minimum absolute atomic E-state index is 0.0490. The van der Waals surface area contributed by atoms with Gasteiger partial charge in [-0.3, -0.25) is 9.52 Å². The Hall–Kier alpha value is -2.58. The van der Waals surface area contributed by atoms with Crippen LogP contribution in [0.5, 0.6) is 5.75 Å². The first kappa shape index (κ1) is 19.7. The van der Waals surface area contributed by atoms with Gasteiger partial charge >= 0.3 is 0 Å². The highest BCUT2D eigenvalue weighted by Gasteiger charge is 2.33. The van der Waals surface area contributed by atoms with Gasteiger partial charge in [-0.05, 0) is 67.6 Å². The Morgan fingerprint density at radius 3 is 2.76 bits per heavy atom. The molecule has 0 radical (unpaired) electrons. The van der Waals surface area contributed by atoms with E-state index in [0.717, 1.165) is 36.1 Å². The molecule has 2 heterocycles. The summed E-state index contributed by atoms with van der Waals surface area (Å²) >= 11 is 0. The number of sulfonamides is 1. The summed E-state index contributed by atoms with van der Waals surface area (Å²) < 4.78 is 39.0. The quantitative estimate of drug-likeness (QED) is 0.810. The monoisotopic (exact) mass is 416 g/mol. The molecule has 1 unspecified atom stereocenters. The molecule has 1 atom stereocenters. The molecule has 4 rings (SSSR count). The van der Waals surface area contributed by atoms with Crippen LogP contribution in [0.3, 0.4) is 0 Å². The summed E-state index contributed by atoms with van der Waals surface area (Å²) in [5, 5.41) is 0. The number of anilines is 2. The maximum absolute atomic E-state index is 12.8. The number of amides is 1. The van der Waals surface area contributed by atoms with Crippen molar-refractivity contribution >= 4 is 27.3 Å². The van der Waals surface area contributed by atoms with Crippen molar-refractivity contribution in [2.24, 2.45) is 0 Å². The SMILES string of the molecule is COc1ccc(S(=O)(=O)Nc2ccc3c(c2)N(C(=O)C2CCCO2)CC3)cc1C. The zero-order chi connectivity index (χ0) is 20.6. The molecular formula is C21H24N2O5S. The summed E-state index contributed by atoms with van der Waals surface area (Å²) in [6.07, 6.45) is 1.97. The molecule has 1 amide bonds. The molecule has 8 heteroatoms. The first-order valence-electron chi connectivity index (χ1n) is 9.62. The fraction of sp³-hybridized carbons (Fsp3) is 0.381. The smallest absolute Gasteiger partial charge is 0.261 e. The molecule has 1 saturated heterocycles. The van der Waals surface area contributed by atoms with Crippen LogP contribution < -0.4 is 14.4 Å². The van der Waals surface area contributed by atoms with Gasteiger partial charge in [0.05, 0.1) is 17.7 Å². The molecular weight excluding hydrogens is 392 g/mol. The van der Waals surface area contributed by atoms with Gasteiger partial charge in [0, 0.05) is 18.8 Å². The molecule has 0 bridgehead atoms. The van der Waals surface area contributed by atoms with E-state index in [1.54, 1.807) is 43.2 Å². The number of ether oxygens (including phenoxy) is 2. The fourth-order valence-corrected chi connectivity index (χ4v) is 4.98. The van der Waals surface area contributed by atoms with Crippen molar-refractivity contribution in [3.05, 3.63) is 47.5 Å². The average molecular weight is 416 g/mol. The van der Waals surface area contributed by atoms with Crippen LogP contribution in [0.25, 0.3) is 0 Å². The molecule has 2 aliphatic rings. The van der Waals surface area contributed by atoms with Crippen molar-refractivity contribution in [3.8, 4) is 5.75 Å². The third-order valence-corrected chi connectivity index (χ3v) is 6.76. The van der Waals surface area contributed by atoms with E-state index in [-0.39, 0.29) is 10.8 Å². The predicted molar refractivity (Wildman–Crippen MR) is 110 cm³/mol. The number of benzene rings is 2. The maximum atomic E-state index is 12.8. The lowest BCUT2D eigenvalue weighted by molar-refractivity contribution is -0.127. The standard InChI is InChI=1S/C21H24N2O5S/c1-14-12-17(7-8-19(14)27-2)29(25,26)22-16-6-5-15-9-10-23(18(15)13-16)21(24)20-4-3-11-28-20/h5-8,12-13,20,22H,3-4,9-11H2,1-2H3. The largest absolute Gasteiger partial charge is 0.496 e. The number of nitrogens with one attached hydrogen (secondary N) is 1. The van der Waals surface area contributed by atoms with E-state index in [1.165, 1.54) is 6.07 Å². The summed E-state index contributed by atoms with van der Waals surface area (Å²) in [6.45, 7) is 2.99. The van der Waals surface area contributed by atoms with Crippen LogP contribution in [0.1, 0.15) is 24.0 Å². The molecule has 1 fully saturated rings. The average Bonchev–Trinajstić information content (AvgIpc) is 3.37. The first-order chi connectivity index (χ1) is 13.9. The predicted octanol–water partition coefficient (Wildman–Crippen LogP) is 2.87. The van der Waals surface area contributed by atoms with Crippen LogP contribution in [0.15, 0.2) is 41.3 Å². The van der Waals surface area contributed by atoms with E-state index in [4.69, 9.17) is 9.47 Å². The van der Waals surface area contributed by atoms with E-state index in [2.05, 4.69) is 4.72 Å². The topological polar surface area (TPSA) is 84.9 Å². The number of carbonyl (C=O) groups is 1. The van der Waals surface area contributed by atoms with E-state index in [9.17, 15) is 13.2 Å². The van der Waals surface area contributed by atoms with Gasteiger partial charge in [0.25, 0.3) is 15.9 Å². The number of rotatable bonds is 5. The van der Waals surface area contributed by atoms with E-state index < -0.39 is 16.1 Å². The lowest BCUT2D eigenvalue weighted by Crippen LogP contribution is -2.37. The molecule has 2 aromatic rings. The Kier molecular flexibility index (Phi) is 5.23. The highest BCUT2D eigenvalue weighted by atomic mass is 32.2. The minimum Gasteiger partial charge on any atom is -0.496 e. The van der Waals surface area contributed by atoms with Gasteiger partial charge in [-0.15, -0.1) is 0 Å². The van der Waals surface area contributed by atoms with Gasteiger partial charge in [0.2, 0.25) is 0 Å². The van der Waals surface area contributed by atoms with Crippen molar-refractivity contribution in [3.63, 3.8) is 0 Å². The Bertz CT molecular complexity index is 1050. The summed E-state index contributed by atoms with van der Waals surface area (Å²) in [4.78, 5) is 14.6. The van der Waals surface area contributed by atoms with Crippen molar-refractivity contribution < 1.29 is 22.7 Å². The van der Waals surface area contributed by atoms with E-state index in [1.807, 2.05) is 6.07 Å². The van der Waals surface area contributed by atoms with Gasteiger partial charge in [-0.1, -0.05) is 6.07 Å². The third kappa shape index (κ3) is 3.82. The van der Waals surface area contributed by atoms with Crippen molar-refractivity contribution in [1.29, 1.82) is 0 Å². The molecule has 2 aromatic carbocycles. The zero-order valence-electron chi connectivity index (χ0n) is 16.5. The Balaban J connectivity index is 1.58. The highest BCUT2D eigenvalue weighted by Crippen LogP contribution is 2.33. The van der Waals surface area contributed by atoms with Gasteiger partial charge in [-0.2, -0.15) is 0 Å². The normalized spacial score (nSPS) is 18.6. The van der Waals surface area contributed by atoms with Crippen LogP contribution >= 0.6 is 0 Å². The highest BCUT2D eigenvalue weighted by molar-refractivity contribution is 7.92. The molecule has 0 aliphatic carbocycles. The Morgan fingerprint density at radius 1 is 1.24 bits per heavy atom. The lowest BCUT2D eigenvalue weighted by Gasteiger charge is -2.21. The molecule has 0 aromatic heterocycles. The van der Waals surface area contributed by atoms with Crippen LogP contribution in [-0.4, -0.2) is 40.7 Å². The number of fused-ring (bicyclic) bond motifs is 1. The summed E-state index contributed by atoms with van der Waals surface area (Å²) in [5.74, 6) is 0.580. The summed E-state index contributed by atoms with van der Waals surface area (Å²) in [5.41, 5.74) is 2.93. The second-order valence-corrected chi connectivity index (χ2v) is 9.00. The molecule has 1 N–H and O–H groups in total. The number of hydrogen-bond donors (Lipinski definition) is 1. The van der Waals surface area contributed by atoms with Crippen LogP contribution in [0.4, 0.5) is 11.4 Å². The van der Waals surface area contributed by atoms with Gasteiger partial charge in [-0.25, -0.2) is 8.42 Å². The molecule has 2 aliphatic heterocycles. The Labute approximate surface area is 170 Å². The van der Waals surface area contributed by atoms with Crippen molar-refractivity contribution in [1.82, 2.24) is 0 Å². The van der Waals surface area contributed by atoms with Crippen LogP contribution in [0.2, 0.25) is 0 Å². The number of aryl methyl sites for hydroxylation is 1. The first-order valence-corrected chi connectivity index (χ1v) is 11.1. The van der Waals surface area contributed by atoms with Crippen LogP contribution in [0, 0.1) is 6.92 Å². The summed E-state index contributed by atoms with van der Waals surface area (Å²) in [6, 6.07) is 10.0. The second-order valence-electron chi connectivity index (χ2n) is 7.32. The molecule has 0 spiro atoms. The summed E-state index contributed by atoms with van der Waals surface area (Å²) in [7, 11) is -2.22. The molecule has 0 saturated carbocycles. The van der Waals surface area contributed by atoms with Crippen molar-refractivity contribution in [2.75, 3.05) is 29.9 Å². The fourth-order valence-electron chi connectivity index (χ4n) is 3.85. The van der Waals surface area contributed by atoms with E-state index >= 15 is 0 Å². The van der Waals surface area contributed by atoms with E-state index in [0.29, 0.717) is 24.6 Å². The number of carbonyl (C=O) groups excluding carboxylic acids is 1. The van der Waals surface area contributed by atoms with Gasteiger partial charge in [0.1, 0.15) is 11.9 Å². The number of nitrogens with zero attached hydrogens (tertiary/aromatic N) is 1. The molecule has 7 nitrogen and oxygen atoms in total. The van der Waals surface area contributed by atoms with Gasteiger partial charge in [0.15, 0.2) is 0 Å². The lowest BCUT2D eigenvalue weighted by atomic mass is 10.1. The zero-order valence-corrected chi connectivity index (χ0v) is 17.3. The maximum Gasteiger partial charge on any atom is 0.261 e. The third-order valence-electron chi connectivity index (χ3n) is 5.38. The number of hydrogen-bond acceptors (Lipinski definition) is 5. The second kappa shape index (κ2) is 7.68. The van der Waals surface area contributed by atoms with Crippen LogP contribution in [-0.2, 0) is 26.0 Å². The van der Waals surface area contributed by atoms with Crippen molar-refractivity contribution in [2.45, 2.75) is 37.2 Å². The number of methoxy groups -OCH3 is 1. The van der Waals surface area contributed by atoms with Gasteiger partial charge < -0.3 is 14.4 Å². The Morgan fingerprint density at radius 2 is 2.07 bits per heavy atom. The molecule has 154 valence electrons.